The zero-order valence-corrected chi connectivity index (χ0v) is 11.6. The van der Waals surface area contributed by atoms with E-state index in [1.165, 1.54) is 0 Å². The van der Waals surface area contributed by atoms with Gasteiger partial charge in [-0.05, 0) is 17.9 Å². The van der Waals surface area contributed by atoms with Crippen molar-refractivity contribution in [2.75, 3.05) is 0 Å². The number of nitrogens with zero attached hydrogens (tertiary/aromatic N) is 1. The summed E-state index contributed by atoms with van der Waals surface area (Å²) in [5.41, 5.74) is 0.670. The molecule has 0 aromatic carbocycles. The van der Waals surface area contributed by atoms with Crippen molar-refractivity contribution in [3.05, 3.63) is 18.0 Å². The number of amides is 1. The van der Waals surface area contributed by atoms with Crippen molar-refractivity contribution in [2.45, 2.75) is 46.1 Å². The highest BCUT2D eigenvalue weighted by atomic mass is 16.4. The summed E-state index contributed by atoms with van der Waals surface area (Å²) in [5.74, 6) is -1.10. The predicted molar refractivity (Wildman–Crippen MR) is 70.5 cm³/mol. The summed E-state index contributed by atoms with van der Waals surface area (Å²) in [6.07, 6.45) is 2.31. The Hall–Kier alpha value is -1.85. The van der Waals surface area contributed by atoms with Crippen molar-refractivity contribution in [1.82, 2.24) is 15.5 Å². The van der Waals surface area contributed by atoms with Gasteiger partial charge < -0.3 is 10.4 Å². The third-order valence-electron chi connectivity index (χ3n) is 2.55. The van der Waals surface area contributed by atoms with Crippen molar-refractivity contribution in [3.63, 3.8) is 0 Å². The third-order valence-corrected chi connectivity index (χ3v) is 2.55. The summed E-state index contributed by atoms with van der Waals surface area (Å²) in [5, 5.41) is 18.1. The molecule has 106 valence electrons. The molecule has 1 unspecified atom stereocenters. The third kappa shape index (κ3) is 6.59. The second kappa shape index (κ2) is 6.36. The lowest BCUT2D eigenvalue weighted by Crippen LogP contribution is -2.39. The van der Waals surface area contributed by atoms with Crippen LogP contribution in [0.25, 0.3) is 0 Å². The molecular formula is C13H21N3O3. The van der Waals surface area contributed by atoms with Crippen molar-refractivity contribution in [1.29, 1.82) is 0 Å². The zero-order chi connectivity index (χ0) is 14.5. The van der Waals surface area contributed by atoms with Crippen LogP contribution < -0.4 is 5.32 Å². The van der Waals surface area contributed by atoms with Crippen LogP contribution in [0, 0.1) is 5.41 Å². The Bertz CT molecular complexity index is 421. The van der Waals surface area contributed by atoms with E-state index in [2.05, 4.69) is 15.5 Å². The highest BCUT2D eigenvalue weighted by molar-refractivity contribution is 5.79. The van der Waals surface area contributed by atoms with E-state index in [0.717, 1.165) is 0 Å². The number of hydrogen-bond acceptors (Lipinski definition) is 3. The highest BCUT2D eigenvalue weighted by Crippen LogP contribution is 2.22. The lowest BCUT2D eigenvalue weighted by molar-refractivity contribution is -0.137. The van der Waals surface area contributed by atoms with Crippen LogP contribution in [-0.2, 0) is 16.0 Å². The number of aromatic nitrogens is 2. The first-order chi connectivity index (χ1) is 8.76. The van der Waals surface area contributed by atoms with Crippen LogP contribution in [-0.4, -0.2) is 33.2 Å². The maximum Gasteiger partial charge on any atom is 0.305 e. The minimum atomic E-state index is -0.906. The van der Waals surface area contributed by atoms with Crippen molar-refractivity contribution in [3.8, 4) is 0 Å². The van der Waals surface area contributed by atoms with E-state index in [0.29, 0.717) is 12.1 Å². The fourth-order valence-corrected chi connectivity index (χ4v) is 1.96. The van der Waals surface area contributed by atoms with Gasteiger partial charge in [-0.1, -0.05) is 20.8 Å². The molecular weight excluding hydrogens is 246 g/mol. The molecule has 0 aliphatic carbocycles. The lowest BCUT2D eigenvalue weighted by Gasteiger charge is -2.25. The molecule has 0 saturated carbocycles. The number of aromatic amines is 1. The summed E-state index contributed by atoms with van der Waals surface area (Å²) in [6, 6.07) is 1.36. The van der Waals surface area contributed by atoms with Crippen LogP contribution in [0.1, 0.15) is 39.3 Å². The summed E-state index contributed by atoms with van der Waals surface area (Å²) in [4.78, 5) is 22.7. The second-order valence-electron chi connectivity index (χ2n) is 5.89. The molecule has 1 atom stereocenters. The molecule has 0 bridgehead atoms. The molecule has 0 saturated heterocycles. The van der Waals surface area contributed by atoms with Gasteiger partial charge in [0.15, 0.2) is 0 Å². The van der Waals surface area contributed by atoms with Crippen molar-refractivity contribution in [2.24, 2.45) is 5.41 Å². The van der Waals surface area contributed by atoms with E-state index in [4.69, 9.17) is 5.11 Å². The van der Waals surface area contributed by atoms with Gasteiger partial charge in [-0.2, -0.15) is 5.10 Å². The van der Waals surface area contributed by atoms with Crippen LogP contribution in [0.5, 0.6) is 0 Å². The number of carbonyl (C=O) groups excluding carboxylic acids is 1. The SMILES string of the molecule is CC(C)(C)CC(CC(=O)O)NC(=O)Cc1ccn[nH]1. The summed E-state index contributed by atoms with van der Waals surface area (Å²) in [7, 11) is 0. The molecule has 6 nitrogen and oxygen atoms in total. The molecule has 0 radical (unpaired) electrons. The smallest absolute Gasteiger partial charge is 0.305 e. The van der Waals surface area contributed by atoms with E-state index in [1.54, 1.807) is 12.3 Å². The quantitative estimate of drug-likeness (QED) is 0.725. The molecule has 1 heterocycles. The predicted octanol–water partition coefficient (Wildman–Crippen LogP) is 1.35. The van der Waals surface area contributed by atoms with E-state index >= 15 is 0 Å². The molecule has 19 heavy (non-hydrogen) atoms. The van der Waals surface area contributed by atoms with Crippen molar-refractivity contribution < 1.29 is 14.7 Å². The first-order valence-corrected chi connectivity index (χ1v) is 6.26. The lowest BCUT2D eigenvalue weighted by atomic mass is 9.87. The van der Waals surface area contributed by atoms with Crippen LogP contribution in [0.2, 0.25) is 0 Å². The molecule has 1 rings (SSSR count). The number of carboxylic acid groups (broad SMARTS) is 1. The minimum absolute atomic E-state index is 0.0403. The van der Waals surface area contributed by atoms with E-state index in [-0.39, 0.29) is 30.2 Å². The number of nitrogens with one attached hydrogen (secondary N) is 2. The number of aliphatic carboxylic acids is 1. The summed E-state index contributed by atoms with van der Waals surface area (Å²) < 4.78 is 0. The monoisotopic (exact) mass is 267 g/mol. The van der Waals surface area contributed by atoms with Gasteiger partial charge >= 0.3 is 5.97 Å². The van der Waals surface area contributed by atoms with Crippen molar-refractivity contribution >= 4 is 11.9 Å². The molecule has 0 spiro atoms. The summed E-state index contributed by atoms with van der Waals surface area (Å²) >= 11 is 0. The molecule has 1 aromatic rings. The van der Waals surface area contributed by atoms with Gasteiger partial charge in [0.25, 0.3) is 0 Å². The van der Waals surface area contributed by atoms with Gasteiger partial charge in [-0.15, -0.1) is 0 Å². The Morgan fingerprint density at radius 2 is 2.16 bits per heavy atom. The number of carboxylic acids is 1. The number of hydrogen-bond donors (Lipinski definition) is 3. The minimum Gasteiger partial charge on any atom is -0.481 e. The Morgan fingerprint density at radius 1 is 1.47 bits per heavy atom. The normalized spacial score (nSPS) is 13.0. The van der Waals surface area contributed by atoms with Crippen LogP contribution >= 0.6 is 0 Å². The Labute approximate surface area is 112 Å². The molecule has 1 aromatic heterocycles. The Morgan fingerprint density at radius 3 is 2.63 bits per heavy atom. The molecule has 1 amide bonds. The first kappa shape index (κ1) is 15.2. The molecule has 6 heteroatoms. The molecule has 3 N–H and O–H groups in total. The number of carbonyl (C=O) groups is 2. The molecule has 0 aliphatic rings. The largest absolute Gasteiger partial charge is 0.481 e. The van der Waals surface area contributed by atoms with Gasteiger partial charge in [0.2, 0.25) is 5.91 Å². The van der Waals surface area contributed by atoms with E-state index < -0.39 is 5.97 Å². The molecule has 0 aliphatic heterocycles. The second-order valence-corrected chi connectivity index (χ2v) is 5.89. The maximum atomic E-state index is 11.8. The van der Waals surface area contributed by atoms with Gasteiger partial charge in [0.1, 0.15) is 0 Å². The Balaban J connectivity index is 2.55. The van der Waals surface area contributed by atoms with Gasteiger partial charge in [0, 0.05) is 17.9 Å². The van der Waals surface area contributed by atoms with Gasteiger partial charge in [-0.3, -0.25) is 14.7 Å². The summed E-state index contributed by atoms with van der Waals surface area (Å²) in [6.45, 7) is 6.05. The first-order valence-electron chi connectivity index (χ1n) is 6.26. The fraction of sp³-hybridized carbons (Fsp3) is 0.615. The standard InChI is InChI=1S/C13H21N3O3/c1-13(2,3)8-10(7-12(18)19)15-11(17)6-9-4-5-14-16-9/h4-5,10H,6-8H2,1-3H3,(H,14,16)(H,15,17)(H,18,19). The number of H-pyrrole nitrogens is 1. The average molecular weight is 267 g/mol. The fourth-order valence-electron chi connectivity index (χ4n) is 1.96. The van der Waals surface area contributed by atoms with Crippen LogP contribution in [0.3, 0.4) is 0 Å². The van der Waals surface area contributed by atoms with E-state index in [1.807, 2.05) is 20.8 Å². The zero-order valence-electron chi connectivity index (χ0n) is 11.6. The van der Waals surface area contributed by atoms with Gasteiger partial charge in [0.05, 0.1) is 12.8 Å². The van der Waals surface area contributed by atoms with Crippen LogP contribution in [0.4, 0.5) is 0 Å². The van der Waals surface area contributed by atoms with Gasteiger partial charge in [-0.25, -0.2) is 0 Å². The van der Waals surface area contributed by atoms with Crippen LogP contribution in [0.15, 0.2) is 12.3 Å². The Kier molecular flexibility index (Phi) is 5.09. The highest BCUT2D eigenvalue weighted by Gasteiger charge is 2.22. The van der Waals surface area contributed by atoms with E-state index in [9.17, 15) is 9.59 Å². The average Bonchev–Trinajstić information content (AvgIpc) is 2.65. The maximum absolute atomic E-state index is 11.8. The number of rotatable bonds is 6. The molecule has 0 fully saturated rings. The topological polar surface area (TPSA) is 95.1 Å².